The van der Waals surface area contributed by atoms with Crippen LogP contribution < -0.4 is 0 Å². The molecule has 0 aromatic heterocycles. The van der Waals surface area contributed by atoms with Crippen LogP contribution in [-0.2, 0) is 0 Å². The average Bonchev–Trinajstić information content (AvgIpc) is 2.55. The van der Waals surface area contributed by atoms with E-state index in [0.29, 0.717) is 5.82 Å². The largest absolute Gasteiger partial charge is 0.300 e. The minimum absolute atomic E-state index is 0.483. The SMILES string of the molecule is [C]=C1N2C=CC=CC2=C2C=CC=CN12. The van der Waals surface area contributed by atoms with Gasteiger partial charge in [-0.15, -0.1) is 0 Å². The lowest BCUT2D eigenvalue weighted by Gasteiger charge is -2.21. The van der Waals surface area contributed by atoms with E-state index in [2.05, 4.69) is 0 Å². The molecule has 0 saturated carbocycles. The number of nitrogens with zero attached hydrogens (tertiary/aromatic N) is 2. The van der Waals surface area contributed by atoms with Crippen LogP contribution in [0.25, 0.3) is 0 Å². The molecule has 0 aromatic rings. The lowest BCUT2D eigenvalue weighted by molar-refractivity contribution is 0.486. The first-order valence-electron chi connectivity index (χ1n) is 4.49. The van der Waals surface area contributed by atoms with E-state index in [4.69, 9.17) is 6.58 Å². The average molecular weight is 180 g/mol. The van der Waals surface area contributed by atoms with E-state index in [9.17, 15) is 0 Å². The minimum Gasteiger partial charge on any atom is -0.300 e. The second-order valence-electron chi connectivity index (χ2n) is 3.24. The Morgan fingerprint density at radius 3 is 1.79 bits per heavy atom. The topological polar surface area (TPSA) is 6.48 Å². The van der Waals surface area contributed by atoms with E-state index >= 15 is 0 Å². The smallest absolute Gasteiger partial charge is 0.130 e. The van der Waals surface area contributed by atoms with Crippen molar-refractivity contribution in [2.24, 2.45) is 0 Å². The molecule has 0 saturated heterocycles. The molecule has 0 amide bonds. The molecule has 0 atom stereocenters. The maximum Gasteiger partial charge on any atom is 0.130 e. The van der Waals surface area contributed by atoms with E-state index in [1.807, 2.05) is 58.7 Å². The molecular formula is C12H8N2. The Hall–Kier alpha value is -1.96. The van der Waals surface area contributed by atoms with E-state index < -0.39 is 0 Å². The number of allylic oxidation sites excluding steroid dienone is 6. The first-order valence-corrected chi connectivity index (χ1v) is 4.49. The number of rotatable bonds is 0. The Labute approximate surface area is 83.1 Å². The van der Waals surface area contributed by atoms with Gasteiger partial charge in [0.1, 0.15) is 5.82 Å². The molecule has 0 N–H and O–H groups in total. The predicted molar refractivity (Wildman–Crippen MR) is 54.0 cm³/mol. The van der Waals surface area contributed by atoms with Gasteiger partial charge in [0.2, 0.25) is 0 Å². The van der Waals surface area contributed by atoms with Crippen molar-refractivity contribution in [2.45, 2.75) is 0 Å². The summed E-state index contributed by atoms with van der Waals surface area (Å²) in [5.41, 5.74) is 2.14. The van der Waals surface area contributed by atoms with Crippen LogP contribution in [0, 0.1) is 6.58 Å². The summed E-state index contributed by atoms with van der Waals surface area (Å²) in [4.78, 5) is 3.74. The summed E-state index contributed by atoms with van der Waals surface area (Å²) in [5, 5.41) is 0. The van der Waals surface area contributed by atoms with Gasteiger partial charge in [-0.05, 0) is 24.3 Å². The van der Waals surface area contributed by atoms with Crippen molar-refractivity contribution in [3.63, 3.8) is 0 Å². The first-order chi connectivity index (χ1) is 6.88. The zero-order valence-corrected chi connectivity index (χ0v) is 7.51. The molecule has 14 heavy (non-hydrogen) atoms. The fourth-order valence-corrected chi connectivity index (χ4v) is 1.79. The summed E-state index contributed by atoms with van der Waals surface area (Å²) in [7, 11) is 0. The molecule has 66 valence electrons. The number of hydrogen-bond acceptors (Lipinski definition) is 2. The van der Waals surface area contributed by atoms with Gasteiger partial charge in [-0.3, -0.25) is 0 Å². The van der Waals surface area contributed by atoms with Gasteiger partial charge in [0.05, 0.1) is 11.4 Å². The summed E-state index contributed by atoms with van der Waals surface area (Å²) in [6.07, 6.45) is 15.7. The molecule has 0 unspecified atom stereocenters. The van der Waals surface area contributed by atoms with Gasteiger partial charge in [0.15, 0.2) is 0 Å². The van der Waals surface area contributed by atoms with Crippen LogP contribution >= 0.6 is 0 Å². The van der Waals surface area contributed by atoms with Crippen molar-refractivity contribution < 1.29 is 0 Å². The summed E-state index contributed by atoms with van der Waals surface area (Å²) < 4.78 is 0. The van der Waals surface area contributed by atoms with Crippen LogP contribution in [0.1, 0.15) is 0 Å². The van der Waals surface area contributed by atoms with E-state index in [1.165, 1.54) is 0 Å². The molecule has 0 fully saturated rings. The fraction of sp³-hybridized carbons (Fsp3) is 0. The second-order valence-corrected chi connectivity index (χ2v) is 3.24. The monoisotopic (exact) mass is 180 g/mol. The van der Waals surface area contributed by atoms with Gasteiger partial charge < -0.3 is 9.80 Å². The zero-order chi connectivity index (χ0) is 9.54. The lowest BCUT2D eigenvalue weighted by atomic mass is 10.2. The van der Waals surface area contributed by atoms with Crippen molar-refractivity contribution in [3.8, 4) is 0 Å². The Morgan fingerprint density at radius 1 is 0.786 bits per heavy atom. The highest BCUT2D eigenvalue weighted by atomic mass is 15.4. The predicted octanol–water partition coefficient (Wildman–Crippen LogP) is 2.13. The summed E-state index contributed by atoms with van der Waals surface area (Å²) in [5.74, 6) is 0.483. The van der Waals surface area contributed by atoms with Crippen LogP contribution in [0.5, 0.6) is 0 Å². The molecule has 2 radical (unpaired) electrons. The summed E-state index contributed by atoms with van der Waals surface area (Å²) >= 11 is 0. The minimum atomic E-state index is 0.483. The standard InChI is InChI=1S/C12H8N2/c1-10-13-8-4-2-6-11(13)12-7-3-5-9-14(10)12/h2-9H. The van der Waals surface area contributed by atoms with Gasteiger partial charge in [0.25, 0.3) is 0 Å². The van der Waals surface area contributed by atoms with Gasteiger partial charge in [-0.25, -0.2) is 0 Å². The fourth-order valence-electron chi connectivity index (χ4n) is 1.79. The lowest BCUT2D eigenvalue weighted by Crippen LogP contribution is -2.17. The highest BCUT2D eigenvalue weighted by molar-refractivity contribution is 5.48. The molecule has 3 aliphatic rings. The van der Waals surface area contributed by atoms with Crippen LogP contribution in [0.3, 0.4) is 0 Å². The molecule has 0 aliphatic carbocycles. The third-order valence-electron chi connectivity index (χ3n) is 2.44. The third kappa shape index (κ3) is 0.799. The number of hydrogen-bond donors (Lipinski definition) is 0. The van der Waals surface area contributed by atoms with Crippen molar-refractivity contribution in [1.82, 2.24) is 9.80 Å². The van der Waals surface area contributed by atoms with E-state index in [0.717, 1.165) is 11.4 Å². The van der Waals surface area contributed by atoms with Gasteiger partial charge in [-0.1, -0.05) is 12.2 Å². The first kappa shape index (κ1) is 7.44. The molecule has 3 heterocycles. The maximum atomic E-state index is 7.94. The zero-order valence-electron chi connectivity index (χ0n) is 7.51. The Kier molecular flexibility index (Phi) is 1.34. The van der Waals surface area contributed by atoms with Crippen molar-refractivity contribution in [1.29, 1.82) is 0 Å². The van der Waals surface area contributed by atoms with E-state index in [-0.39, 0.29) is 0 Å². The Balaban J connectivity index is 2.19. The summed E-state index contributed by atoms with van der Waals surface area (Å²) in [6, 6.07) is 0. The third-order valence-corrected chi connectivity index (χ3v) is 2.44. The molecular weight excluding hydrogens is 172 g/mol. The van der Waals surface area contributed by atoms with Crippen molar-refractivity contribution in [3.05, 3.63) is 72.7 Å². The van der Waals surface area contributed by atoms with E-state index in [1.54, 1.807) is 0 Å². The molecule has 3 rings (SSSR count). The maximum absolute atomic E-state index is 7.94. The van der Waals surface area contributed by atoms with Crippen LogP contribution in [0.15, 0.2) is 66.1 Å². The van der Waals surface area contributed by atoms with Gasteiger partial charge in [0, 0.05) is 19.0 Å². The van der Waals surface area contributed by atoms with Crippen molar-refractivity contribution in [2.75, 3.05) is 0 Å². The second kappa shape index (κ2) is 2.51. The molecule has 3 aliphatic heterocycles. The van der Waals surface area contributed by atoms with Crippen LogP contribution in [-0.4, -0.2) is 9.80 Å². The van der Waals surface area contributed by atoms with Crippen molar-refractivity contribution >= 4 is 0 Å². The summed E-state index contributed by atoms with van der Waals surface area (Å²) in [6.45, 7) is 7.94. The molecule has 2 heteroatoms. The number of fused-ring (bicyclic) bond motifs is 2. The molecule has 0 bridgehead atoms. The molecule has 0 spiro atoms. The van der Waals surface area contributed by atoms with Crippen LogP contribution in [0.2, 0.25) is 0 Å². The highest BCUT2D eigenvalue weighted by Crippen LogP contribution is 2.35. The quantitative estimate of drug-likeness (QED) is 0.563. The normalized spacial score (nSPS) is 22.1. The highest BCUT2D eigenvalue weighted by Gasteiger charge is 2.29. The van der Waals surface area contributed by atoms with Gasteiger partial charge in [-0.2, -0.15) is 0 Å². The molecule has 0 aromatic carbocycles. The van der Waals surface area contributed by atoms with Gasteiger partial charge >= 0.3 is 0 Å². The van der Waals surface area contributed by atoms with Crippen LogP contribution in [0.4, 0.5) is 0 Å². The Bertz CT molecular complexity index is 407. The molecule has 2 nitrogen and oxygen atoms in total. The Morgan fingerprint density at radius 2 is 1.29 bits per heavy atom.